The number of aliphatic hydroxyl groups is 1. The molecule has 0 aliphatic carbocycles. The molecule has 1 amide bonds. The maximum Gasteiger partial charge on any atom is 0.424 e. The fourth-order valence-corrected chi connectivity index (χ4v) is 4.84. The first kappa shape index (κ1) is 20.9. The average molecular weight is 437 g/mol. The lowest BCUT2D eigenvalue weighted by Gasteiger charge is -2.35. The Morgan fingerprint density at radius 2 is 2.00 bits per heavy atom. The SMILES string of the molecule is Cc1csc(C(O)(CC(=O)N2CCC(c3cc4ccccc4[nH]3)CC2)C(F)(F)F)n1. The van der Waals surface area contributed by atoms with Crippen molar-refractivity contribution < 1.29 is 23.1 Å². The van der Waals surface area contributed by atoms with Gasteiger partial charge in [-0.1, -0.05) is 18.2 Å². The summed E-state index contributed by atoms with van der Waals surface area (Å²) in [6.07, 6.45) is -4.74. The van der Waals surface area contributed by atoms with E-state index in [0.29, 0.717) is 43.0 Å². The molecule has 160 valence electrons. The fraction of sp³-hybridized carbons (Fsp3) is 0.429. The third kappa shape index (κ3) is 3.83. The fourth-order valence-electron chi connectivity index (χ4n) is 3.93. The van der Waals surface area contributed by atoms with Crippen LogP contribution in [0.3, 0.4) is 0 Å². The van der Waals surface area contributed by atoms with Gasteiger partial charge in [-0.2, -0.15) is 13.2 Å². The zero-order valence-electron chi connectivity index (χ0n) is 16.4. The number of aryl methyl sites for hydroxylation is 1. The first-order valence-electron chi connectivity index (χ1n) is 9.74. The van der Waals surface area contributed by atoms with Gasteiger partial charge in [-0.3, -0.25) is 4.79 Å². The lowest BCUT2D eigenvalue weighted by atomic mass is 9.92. The number of carbonyl (C=O) groups excluding carboxylic acids is 1. The largest absolute Gasteiger partial charge is 0.424 e. The van der Waals surface area contributed by atoms with E-state index in [-0.39, 0.29) is 5.92 Å². The number of thiazole rings is 1. The number of halogens is 3. The van der Waals surface area contributed by atoms with Crippen LogP contribution in [0.2, 0.25) is 0 Å². The molecule has 0 spiro atoms. The molecule has 1 atom stereocenters. The van der Waals surface area contributed by atoms with Crippen LogP contribution in [-0.4, -0.2) is 45.1 Å². The van der Waals surface area contributed by atoms with Gasteiger partial charge in [-0.25, -0.2) is 4.98 Å². The summed E-state index contributed by atoms with van der Waals surface area (Å²) < 4.78 is 41.0. The Morgan fingerprint density at radius 3 is 2.60 bits per heavy atom. The Balaban J connectivity index is 1.44. The molecular weight excluding hydrogens is 415 g/mol. The number of hydrogen-bond acceptors (Lipinski definition) is 4. The van der Waals surface area contributed by atoms with Crippen molar-refractivity contribution in [1.29, 1.82) is 0 Å². The van der Waals surface area contributed by atoms with Crippen LogP contribution < -0.4 is 0 Å². The van der Waals surface area contributed by atoms with Gasteiger partial charge >= 0.3 is 6.18 Å². The number of hydrogen-bond donors (Lipinski definition) is 2. The second-order valence-electron chi connectivity index (χ2n) is 7.80. The van der Waals surface area contributed by atoms with E-state index in [9.17, 15) is 23.1 Å². The molecule has 4 rings (SSSR count). The number of benzene rings is 1. The van der Waals surface area contributed by atoms with E-state index in [1.54, 1.807) is 6.92 Å². The summed E-state index contributed by atoms with van der Waals surface area (Å²) in [6.45, 7) is 2.25. The second-order valence-corrected chi connectivity index (χ2v) is 8.65. The van der Waals surface area contributed by atoms with Crippen molar-refractivity contribution in [2.45, 2.75) is 43.9 Å². The molecule has 1 aliphatic heterocycles. The van der Waals surface area contributed by atoms with Gasteiger partial charge in [-0.15, -0.1) is 11.3 Å². The third-order valence-electron chi connectivity index (χ3n) is 5.69. The van der Waals surface area contributed by atoms with Crippen LogP contribution in [0.5, 0.6) is 0 Å². The van der Waals surface area contributed by atoms with E-state index < -0.39 is 29.1 Å². The molecule has 9 heteroatoms. The summed E-state index contributed by atoms with van der Waals surface area (Å²) in [5, 5.41) is 12.5. The van der Waals surface area contributed by atoms with Gasteiger partial charge in [0.15, 0.2) is 0 Å². The van der Waals surface area contributed by atoms with Gasteiger partial charge in [0.05, 0.1) is 6.42 Å². The molecule has 0 radical (unpaired) electrons. The standard InChI is InChI=1S/C21H22F3N3O2S/c1-13-12-30-19(25-13)20(29,21(22,23)24)11-18(28)27-8-6-14(7-9-27)17-10-15-4-2-3-5-16(15)26-17/h2-5,10,12,14,26,29H,6-9,11H2,1H3. The third-order valence-corrected chi connectivity index (χ3v) is 6.80. The number of amides is 1. The zero-order valence-corrected chi connectivity index (χ0v) is 17.2. The normalized spacial score (nSPS) is 18.0. The Labute approximate surface area is 175 Å². The highest BCUT2D eigenvalue weighted by molar-refractivity contribution is 7.09. The van der Waals surface area contributed by atoms with Gasteiger partial charge in [-0.05, 0) is 37.3 Å². The minimum Gasteiger partial charge on any atom is -0.374 e. The number of rotatable bonds is 4. The van der Waals surface area contributed by atoms with Crippen LogP contribution in [0.25, 0.3) is 10.9 Å². The molecule has 1 unspecified atom stereocenters. The molecule has 1 aliphatic rings. The lowest BCUT2D eigenvalue weighted by molar-refractivity contribution is -0.268. The molecule has 0 bridgehead atoms. The number of aromatic amines is 1. The number of H-pyrrole nitrogens is 1. The summed E-state index contributed by atoms with van der Waals surface area (Å²) in [7, 11) is 0. The van der Waals surface area contributed by atoms with E-state index >= 15 is 0 Å². The number of likely N-dealkylation sites (tertiary alicyclic amines) is 1. The number of piperidine rings is 1. The van der Waals surface area contributed by atoms with E-state index in [1.807, 2.05) is 24.3 Å². The van der Waals surface area contributed by atoms with Crippen LogP contribution in [-0.2, 0) is 10.4 Å². The second kappa shape index (κ2) is 7.70. The van der Waals surface area contributed by atoms with Crippen molar-refractivity contribution in [3.8, 4) is 0 Å². The average Bonchev–Trinajstić information content (AvgIpc) is 3.33. The van der Waals surface area contributed by atoms with Crippen LogP contribution in [0, 0.1) is 6.92 Å². The highest BCUT2D eigenvalue weighted by Crippen LogP contribution is 2.43. The number of aromatic nitrogens is 2. The highest BCUT2D eigenvalue weighted by atomic mass is 32.1. The van der Waals surface area contributed by atoms with Crippen LogP contribution in [0.1, 0.15) is 41.6 Å². The Hall–Kier alpha value is -2.39. The first-order valence-corrected chi connectivity index (χ1v) is 10.6. The number of para-hydroxylation sites is 1. The van der Waals surface area contributed by atoms with Crippen LogP contribution >= 0.6 is 11.3 Å². The molecule has 30 heavy (non-hydrogen) atoms. The van der Waals surface area contributed by atoms with Crippen molar-refractivity contribution in [3.63, 3.8) is 0 Å². The summed E-state index contributed by atoms with van der Waals surface area (Å²) >= 11 is 0.716. The van der Waals surface area contributed by atoms with Crippen LogP contribution in [0.4, 0.5) is 13.2 Å². The van der Waals surface area contributed by atoms with Crippen molar-refractivity contribution >= 4 is 28.1 Å². The minimum atomic E-state index is -4.99. The maximum atomic E-state index is 13.7. The van der Waals surface area contributed by atoms with Gasteiger partial charge in [0.25, 0.3) is 0 Å². The molecule has 1 aromatic carbocycles. The zero-order chi connectivity index (χ0) is 21.5. The van der Waals surface area contributed by atoms with E-state index in [1.165, 1.54) is 10.3 Å². The molecule has 1 saturated heterocycles. The predicted octanol–water partition coefficient (Wildman–Crippen LogP) is 4.48. The minimum absolute atomic E-state index is 0.213. The molecule has 3 aromatic rings. The van der Waals surface area contributed by atoms with Gasteiger partial charge < -0.3 is 15.0 Å². The highest BCUT2D eigenvalue weighted by Gasteiger charge is 2.58. The van der Waals surface area contributed by atoms with E-state index in [2.05, 4.69) is 16.0 Å². The Kier molecular flexibility index (Phi) is 5.36. The quantitative estimate of drug-likeness (QED) is 0.632. The Morgan fingerprint density at radius 1 is 1.30 bits per heavy atom. The molecule has 2 aromatic heterocycles. The topological polar surface area (TPSA) is 69.2 Å². The molecule has 5 nitrogen and oxygen atoms in total. The molecule has 3 heterocycles. The van der Waals surface area contributed by atoms with E-state index in [0.717, 1.165) is 16.6 Å². The Bertz CT molecular complexity index is 1020. The molecule has 1 fully saturated rings. The molecule has 0 saturated carbocycles. The number of nitrogens with one attached hydrogen (secondary N) is 1. The molecule has 2 N–H and O–H groups in total. The predicted molar refractivity (Wildman–Crippen MR) is 108 cm³/mol. The number of fused-ring (bicyclic) bond motifs is 1. The van der Waals surface area contributed by atoms with Gasteiger partial charge in [0.1, 0.15) is 5.01 Å². The van der Waals surface area contributed by atoms with E-state index in [4.69, 9.17) is 0 Å². The van der Waals surface area contributed by atoms with Crippen molar-refractivity contribution in [2.24, 2.45) is 0 Å². The lowest BCUT2D eigenvalue weighted by Crippen LogP contribution is -2.48. The van der Waals surface area contributed by atoms with Gasteiger partial charge in [0, 0.05) is 41.3 Å². The summed E-state index contributed by atoms with van der Waals surface area (Å²) in [5.41, 5.74) is -0.769. The van der Waals surface area contributed by atoms with Crippen LogP contribution in [0.15, 0.2) is 35.7 Å². The summed E-state index contributed by atoms with van der Waals surface area (Å²) in [6, 6.07) is 10.0. The maximum absolute atomic E-state index is 13.7. The van der Waals surface area contributed by atoms with Crippen molar-refractivity contribution in [2.75, 3.05) is 13.1 Å². The number of alkyl halides is 3. The molecular formula is C21H22F3N3O2S. The van der Waals surface area contributed by atoms with Gasteiger partial charge in [0.2, 0.25) is 11.5 Å². The smallest absolute Gasteiger partial charge is 0.374 e. The first-order chi connectivity index (χ1) is 14.2. The van der Waals surface area contributed by atoms with Crippen molar-refractivity contribution in [1.82, 2.24) is 14.9 Å². The summed E-state index contributed by atoms with van der Waals surface area (Å²) in [5.74, 6) is -0.498. The summed E-state index contributed by atoms with van der Waals surface area (Å²) in [4.78, 5) is 21.3. The number of nitrogens with zero attached hydrogens (tertiary/aromatic N) is 2. The number of carbonyl (C=O) groups is 1. The monoisotopic (exact) mass is 437 g/mol. The van der Waals surface area contributed by atoms with Crippen molar-refractivity contribution in [3.05, 3.63) is 52.1 Å².